The summed E-state index contributed by atoms with van der Waals surface area (Å²) in [6, 6.07) is 6.09. The number of para-hydroxylation sites is 1. The lowest BCUT2D eigenvalue weighted by atomic mass is 9.73. The van der Waals surface area contributed by atoms with Gasteiger partial charge in [0.2, 0.25) is 17.7 Å². The van der Waals surface area contributed by atoms with Crippen LogP contribution in [0.2, 0.25) is 0 Å². The molecule has 0 spiro atoms. The van der Waals surface area contributed by atoms with Gasteiger partial charge in [-0.25, -0.2) is 4.79 Å². The van der Waals surface area contributed by atoms with Crippen molar-refractivity contribution in [3.05, 3.63) is 30.3 Å². The van der Waals surface area contributed by atoms with Crippen LogP contribution in [0, 0.1) is 10.8 Å². The van der Waals surface area contributed by atoms with Gasteiger partial charge in [-0.2, -0.15) is 0 Å². The lowest BCUT2D eigenvalue weighted by molar-refractivity contribution is -0.148. The highest BCUT2D eigenvalue weighted by Crippen LogP contribution is 2.36. The fourth-order valence-electron chi connectivity index (χ4n) is 5.52. The molecule has 4 atom stereocenters. The van der Waals surface area contributed by atoms with E-state index in [1.165, 1.54) is 6.92 Å². The monoisotopic (exact) mass is 678 g/mol. The summed E-state index contributed by atoms with van der Waals surface area (Å²) in [6.07, 6.45) is 1.83. The molecule has 0 fully saturated rings. The van der Waals surface area contributed by atoms with Gasteiger partial charge in [0.05, 0.1) is 32.5 Å². The number of nitrogens with two attached hydrogens (primary N) is 1. The summed E-state index contributed by atoms with van der Waals surface area (Å²) in [5.41, 5.74) is 5.18. The number of esters is 2. The Morgan fingerprint density at radius 1 is 0.833 bits per heavy atom. The third kappa shape index (κ3) is 17.4. The number of rotatable bonds is 23. The summed E-state index contributed by atoms with van der Waals surface area (Å²) >= 11 is 0. The number of hydrogen-bond donors (Lipinski definition) is 5. The Morgan fingerprint density at radius 2 is 1.46 bits per heavy atom. The lowest BCUT2D eigenvalue weighted by Crippen LogP contribution is -2.51. The number of amides is 3. The van der Waals surface area contributed by atoms with Crippen molar-refractivity contribution in [3.63, 3.8) is 0 Å². The van der Waals surface area contributed by atoms with Crippen molar-refractivity contribution < 1.29 is 43.3 Å². The quantitative estimate of drug-likeness (QED) is 0.107. The summed E-state index contributed by atoms with van der Waals surface area (Å²) in [6.45, 7) is 13.4. The molecule has 1 aromatic rings. The predicted octanol–water partition coefficient (Wildman–Crippen LogP) is 2.77. The molecule has 0 aliphatic heterocycles. The first-order valence-electron chi connectivity index (χ1n) is 16.8. The van der Waals surface area contributed by atoms with Crippen LogP contribution in [-0.4, -0.2) is 85.4 Å². The smallest absolute Gasteiger partial charge is 0.328 e. The van der Waals surface area contributed by atoms with E-state index in [0.717, 1.165) is 5.75 Å². The van der Waals surface area contributed by atoms with Crippen LogP contribution in [0.1, 0.15) is 93.4 Å². The van der Waals surface area contributed by atoms with Gasteiger partial charge in [0.25, 0.3) is 0 Å². The van der Waals surface area contributed by atoms with Crippen molar-refractivity contribution in [2.45, 2.75) is 118 Å². The molecule has 0 bridgehead atoms. The third-order valence-electron chi connectivity index (χ3n) is 7.53. The molecule has 0 saturated carbocycles. The lowest BCUT2D eigenvalue weighted by Gasteiger charge is -2.34. The first-order chi connectivity index (χ1) is 22.5. The van der Waals surface area contributed by atoms with E-state index in [-0.39, 0.29) is 50.4 Å². The summed E-state index contributed by atoms with van der Waals surface area (Å²) in [4.78, 5) is 62.9. The number of carbonyl (C=O) groups excluding carboxylic acids is 5. The molecule has 4 unspecified atom stereocenters. The molecule has 13 heteroatoms. The molecular formula is C35H58N4O9. The summed E-state index contributed by atoms with van der Waals surface area (Å²) in [5, 5.41) is 17.7. The molecule has 48 heavy (non-hydrogen) atoms. The first kappa shape index (κ1) is 42.3. The fraction of sp³-hybridized carbons (Fsp3) is 0.686. The number of carbonyl (C=O) groups is 5. The van der Waals surface area contributed by atoms with Gasteiger partial charge < -0.3 is 41.0 Å². The van der Waals surface area contributed by atoms with Crippen LogP contribution in [0.25, 0.3) is 0 Å². The number of hydrogen-bond acceptors (Lipinski definition) is 10. The number of benzene rings is 1. The molecule has 0 heterocycles. The molecule has 13 nitrogen and oxygen atoms in total. The van der Waals surface area contributed by atoms with E-state index >= 15 is 0 Å². The van der Waals surface area contributed by atoms with Gasteiger partial charge in [-0.3, -0.25) is 19.2 Å². The Labute approximate surface area is 285 Å². The SMILES string of the molecule is CCOC(=O)C(N)CCCC(CO)NC(=O)CCC(NC(=O)C(C)NC(=O)CC(C)(C)CC(C)(C)COc1ccccc1)C(=O)OCC. The van der Waals surface area contributed by atoms with Crippen molar-refractivity contribution >= 4 is 29.7 Å². The highest BCUT2D eigenvalue weighted by molar-refractivity contribution is 5.90. The standard InChI is InChI=1S/C35H58N4O9/c1-8-46-32(44)27(36)17-13-14-25(21-40)38-29(41)19-18-28(33(45)47-9-2)39-31(43)24(3)37-30(42)20-34(4,5)22-35(6,7)23-48-26-15-11-10-12-16-26/h10-12,15-16,24-25,27-28,40H,8-9,13-14,17-23,36H2,1-7H3,(H,37,42)(H,38,41)(H,39,43). The number of aliphatic hydroxyl groups is 1. The van der Waals surface area contributed by atoms with E-state index in [1.54, 1.807) is 13.8 Å². The molecular weight excluding hydrogens is 620 g/mol. The number of nitrogens with one attached hydrogen (secondary N) is 3. The van der Waals surface area contributed by atoms with Crippen LogP contribution in [0.15, 0.2) is 30.3 Å². The van der Waals surface area contributed by atoms with Crippen molar-refractivity contribution in [2.24, 2.45) is 16.6 Å². The Kier molecular flexibility index (Phi) is 18.8. The molecule has 0 aliphatic rings. The van der Waals surface area contributed by atoms with E-state index in [1.807, 2.05) is 44.2 Å². The van der Waals surface area contributed by atoms with Gasteiger partial charge in [-0.1, -0.05) is 45.9 Å². The van der Waals surface area contributed by atoms with Crippen molar-refractivity contribution in [2.75, 3.05) is 26.4 Å². The Hall–Kier alpha value is -3.71. The Balaban J connectivity index is 2.64. The molecule has 0 saturated heterocycles. The normalized spacial score (nSPS) is 14.1. The summed E-state index contributed by atoms with van der Waals surface area (Å²) in [7, 11) is 0. The minimum absolute atomic E-state index is 0.0594. The van der Waals surface area contributed by atoms with Gasteiger partial charge in [-0.05, 0) is 75.8 Å². The van der Waals surface area contributed by atoms with Gasteiger partial charge in [0, 0.05) is 12.8 Å². The summed E-state index contributed by atoms with van der Waals surface area (Å²) in [5.74, 6) is -1.77. The van der Waals surface area contributed by atoms with Crippen molar-refractivity contribution in [1.82, 2.24) is 16.0 Å². The van der Waals surface area contributed by atoms with Crippen LogP contribution in [-0.2, 0) is 33.4 Å². The zero-order valence-electron chi connectivity index (χ0n) is 29.8. The molecule has 0 aliphatic carbocycles. The predicted molar refractivity (Wildman–Crippen MR) is 182 cm³/mol. The van der Waals surface area contributed by atoms with Crippen LogP contribution < -0.4 is 26.4 Å². The second-order valence-electron chi connectivity index (χ2n) is 13.7. The Morgan fingerprint density at radius 3 is 2.06 bits per heavy atom. The molecule has 1 rings (SSSR count). The van der Waals surface area contributed by atoms with E-state index in [2.05, 4.69) is 29.8 Å². The van der Waals surface area contributed by atoms with Gasteiger partial charge in [0.1, 0.15) is 23.9 Å². The second-order valence-corrected chi connectivity index (χ2v) is 13.7. The molecule has 0 aromatic heterocycles. The fourth-order valence-corrected chi connectivity index (χ4v) is 5.52. The maximum absolute atomic E-state index is 13.0. The van der Waals surface area contributed by atoms with Crippen LogP contribution in [0.4, 0.5) is 0 Å². The van der Waals surface area contributed by atoms with Crippen LogP contribution >= 0.6 is 0 Å². The van der Waals surface area contributed by atoms with Crippen molar-refractivity contribution in [3.8, 4) is 5.75 Å². The first-order valence-corrected chi connectivity index (χ1v) is 16.8. The van der Waals surface area contributed by atoms with Gasteiger partial charge in [0.15, 0.2) is 0 Å². The highest BCUT2D eigenvalue weighted by atomic mass is 16.5. The number of ether oxygens (including phenoxy) is 3. The summed E-state index contributed by atoms with van der Waals surface area (Å²) < 4.78 is 15.9. The molecule has 272 valence electrons. The third-order valence-corrected chi connectivity index (χ3v) is 7.53. The van der Waals surface area contributed by atoms with Crippen molar-refractivity contribution in [1.29, 1.82) is 0 Å². The van der Waals surface area contributed by atoms with Gasteiger partial charge >= 0.3 is 11.9 Å². The average Bonchev–Trinajstić information content (AvgIpc) is 3.01. The van der Waals surface area contributed by atoms with E-state index in [4.69, 9.17) is 19.9 Å². The van der Waals surface area contributed by atoms with E-state index in [0.29, 0.717) is 32.3 Å². The molecule has 0 radical (unpaired) electrons. The molecule has 3 amide bonds. The second kappa shape index (κ2) is 21.3. The zero-order chi connectivity index (χ0) is 36.3. The number of aliphatic hydroxyl groups excluding tert-OH is 1. The highest BCUT2D eigenvalue weighted by Gasteiger charge is 2.33. The minimum atomic E-state index is -1.13. The van der Waals surface area contributed by atoms with Crippen LogP contribution in [0.5, 0.6) is 5.75 Å². The largest absolute Gasteiger partial charge is 0.493 e. The Bertz CT molecular complexity index is 1160. The van der Waals surface area contributed by atoms with E-state index < -0.39 is 53.3 Å². The maximum Gasteiger partial charge on any atom is 0.328 e. The maximum atomic E-state index is 13.0. The molecule has 1 aromatic carbocycles. The average molecular weight is 679 g/mol. The molecule has 6 N–H and O–H groups in total. The zero-order valence-corrected chi connectivity index (χ0v) is 29.8. The topological polar surface area (TPSA) is 195 Å². The minimum Gasteiger partial charge on any atom is -0.493 e. The van der Waals surface area contributed by atoms with E-state index in [9.17, 15) is 29.1 Å². The van der Waals surface area contributed by atoms with Crippen LogP contribution in [0.3, 0.4) is 0 Å². The van der Waals surface area contributed by atoms with Gasteiger partial charge in [-0.15, -0.1) is 0 Å².